The van der Waals surface area contributed by atoms with Crippen LogP contribution in [0.3, 0.4) is 0 Å². The average molecular weight is 232 g/mol. The lowest BCUT2D eigenvalue weighted by atomic mass is 9.99. The fourth-order valence-corrected chi connectivity index (χ4v) is 2.80. The van der Waals surface area contributed by atoms with Gasteiger partial charge in [-0.1, -0.05) is 18.2 Å². The van der Waals surface area contributed by atoms with Crippen LogP contribution in [0.2, 0.25) is 0 Å². The van der Waals surface area contributed by atoms with Crippen molar-refractivity contribution in [2.45, 2.75) is 39.2 Å². The summed E-state index contributed by atoms with van der Waals surface area (Å²) in [7, 11) is 0. The second kappa shape index (κ2) is 5.09. The van der Waals surface area contributed by atoms with E-state index in [0.29, 0.717) is 0 Å². The Labute approximate surface area is 105 Å². The first-order valence-electron chi connectivity index (χ1n) is 6.70. The summed E-state index contributed by atoms with van der Waals surface area (Å²) < 4.78 is 0. The average Bonchev–Trinajstić information content (AvgIpc) is 2.74. The van der Waals surface area contributed by atoms with Gasteiger partial charge in [-0.3, -0.25) is 0 Å². The van der Waals surface area contributed by atoms with Crippen molar-refractivity contribution in [3.8, 4) is 0 Å². The molecule has 0 radical (unpaired) electrons. The highest BCUT2D eigenvalue weighted by Crippen LogP contribution is 2.25. The van der Waals surface area contributed by atoms with Crippen LogP contribution in [-0.2, 0) is 0 Å². The van der Waals surface area contributed by atoms with Gasteiger partial charge >= 0.3 is 0 Å². The van der Waals surface area contributed by atoms with Gasteiger partial charge in [0.05, 0.1) is 0 Å². The number of rotatable bonds is 4. The summed E-state index contributed by atoms with van der Waals surface area (Å²) in [5.41, 5.74) is 3.04. The molecule has 0 saturated carbocycles. The number of hydrogen-bond donors (Lipinski definition) is 1. The Morgan fingerprint density at radius 2 is 2.12 bits per heavy atom. The molecule has 1 aromatic rings. The van der Waals surface area contributed by atoms with Crippen LogP contribution < -0.4 is 10.2 Å². The van der Waals surface area contributed by atoms with Crippen molar-refractivity contribution in [3.63, 3.8) is 0 Å². The number of para-hydroxylation sites is 1. The molecular formula is C15H24N2. The van der Waals surface area contributed by atoms with Crippen LogP contribution >= 0.6 is 0 Å². The zero-order chi connectivity index (χ0) is 12.3. The lowest BCUT2D eigenvalue weighted by Gasteiger charge is -2.34. The first-order valence-corrected chi connectivity index (χ1v) is 6.70. The molecule has 1 aliphatic heterocycles. The highest BCUT2D eigenvalue weighted by Gasteiger charge is 2.30. The molecule has 94 valence electrons. The fraction of sp³-hybridized carbons (Fsp3) is 0.600. The van der Waals surface area contributed by atoms with Gasteiger partial charge in [0.2, 0.25) is 0 Å². The molecule has 1 aliphatic rings. The molecule has 0 aliphatic carbocycles. The van der Waals surface area contributed by atoms with E-state index in [1.54, 1.807) is 0 Å². The highest BCUT2D eigenvalue weighted by atomic mass is 15.2. The summed E-state index contributed by atoms with van der Waals surface area (Å²) in [5.74, 6) is 0. The molecule has 2 rings (SSSR count). The normalized spacial score (nSPS) is 23.9. The van der Waals surface area contributed by atoms with Gasteiger partial charge in [-0.2, -0.15) is 0 Å². The van der Waals surface area contributed by atoms with Gasteiger partial charge in [-0.25, -0.2) is 0 Å². The number of benzene rings is 1. The molecular weight excluding hydrogens is 208 g/mol. The van der Waals surface area contributed by atoms with E-state index in [1.807, 2.05) is 0 Å². The molecule has 17 heavy (non-hydrogen) atoms. The summed E-state index contributed by atoms with van der Waals surface area (Å²) in [6, 6.07) is 8.68. The molecule has 0 amide bonds. The van der Waals surface area contributed by atoms with Gasteiger partial charge in [0.1, 0.15) is 0 Å². The van der Waals surface area contributed by atoms with E-state index in [0.717, 1.165) is 13.1 Å². The van der Waals surface area contributed by atoms with Crippen LogP contribution in [0.15, 0.2) is 24.3 Å². The van der Waals surface area contributed by atoms with E-state index < -0.39 is 0 Å². The summed E-state index contributed by atoms with van der Waals surface area (Å²) in [5, 5.41) is 3.65. The molecule has 1 aromatic carbocycles. The molecule has 2 nitrogen and oxygen atoms in total. The van der Waals surface area contributed by atoms with Crippen LogP contribution in [0.25, 0.3) is 0 Å². The van der Waals surface area contributed by atoms with Crippen molar-refractivity contribution in [1.82, 2.24) is 5.32 Å². The van der Waals surface area contributed by atoms with Crippen LogP contribution in [0.5, 0.6) is 0 Å². The number of nitrogens with zero attached hydrogens (tertiary/aromatic N) is 1. The van der Waals surface area contributed by atoms with Crippen LogP contribution in [0.4, 0.5) is 5.69 Å². The molecule has 2 heteroatoms. The van der Waals surface area contributed by atoms with Crippen LogP contribution in [0.1, 0.15) is 32.3 Å². The van der Waals surface area contributed by atoms with Gasteiger partial charge in [0.15, 0.2) is 0 Å². The Hall–Kier alpha value is -1.02. The third-order valence-corrected chi connectivity index (χ3v) is 3.83. The van der Waals surface area contributed by atoms with Gasteiger partial charge in [-0.15, -0.1) is 0 Å². The molecule has 0 aromatic heterocycles. The standard InChI is InChI=1S/C15H24N2/c1-4-17(12-15(3)10-7-11-16-15)14-9-6-5-8-13(14)2/h5-6,8-9,16H,4,7,10-12H2,1-3H3. The van der Waals surface area contributed by atoms with Crippen molar-refractivity contribution < 1.29 is 0 Å². The summed E-state index contributed by atoms with van der Waals surface area (Å²) >= 11 is 0. The van der Waals surface area contributed by atoms with E-state index in [-0.39, 0.29) is 5.54 Å². The minimum atomic E-state index is 0.290. The molecule has 0 spiro atoms. The first-order chi connectivity index (χ1) is 8.14. The molecule has 1 heterocycles. The number of likely N-dealkylation sites (N-methyl/N-ethyl adjacent to an activating group) is 1. The van der Waals surface area contributed by atoms with Crippen molar-refractivity contribution in [2.75, 3.05) is 24.5 Å². The summed E-state index contributed by atoms with van der Waals surface area (Å²) in [6.45, 7) is 10.1. The maximum absolute atomic E-state index is 3.65. The number of nitrogens with one attached hydrogen (secondary N) is 1. The minimum Gasteiger partial charge on any atom is -0.370 e. The van der Waals surface area contributed by atoms with E-state index in [9.17, 15) is 0 Å². The van der Waals surface area contributed by atoms with E-state index >= 15 is 0 Å². The highest BCUT2D eigenvalue weighted by molar-refractivity contribution is 5.53. The lowest BCUT2D eigenvalue weighted by molar-refractivity contribution is 0.413. The molecule has 1 N–H and O–H groups in total. The largest absolute Gasteiger partial charge is 0.370 e. The Morgan fingerprint density at radius 3 is 2.71 bits per heavy atom. The third-order valence-electron chi connectivity index (χ3n) is 3.83. The van der Waals surface area contributed by atoms with E-state index in [1.165, 1.54) is 30.6 Å². The third kappa shape index (κ3) is 2.81. The van der Waals surface area contributed by atoms with Crippen LogP contribution in [-0.4, -0.2) is 25.2 Å². The monoisotopic (exact) mass is 232 g/mol. The zero-order valence-electron chi connectivity index (χ0n) is 11.3. The second-order valence-electron chi connectivity index (χ2n) is 5.39. The number of anilines is 1. The van der Waals surface area contributed by atoms with Gasteiger partial charge < -0.3 is 10.2 Å². The van der Waals surface area contributed by atoms with Crippen molar-refractivity contribution in [3.05, 3.63) is 29.8 Å². The number of aryl methyl sites for hydroxylation is 1. The van der Waals surface area contributed by atoms with Crippen LogP contribution in [0, 0.1) is 6.92 Å². The van der Waals surface area contributed by atoms with E-state index in [4.69, 9.17) is 0 Å². The van der Waals surface area contributed by atoms with Crippen molar-refractivity contribution in [2.24, 2.45) is 0 Å². The summed E-state index contributed by atoms with van der Waals surface area (Å²) in [6.07, 6.45) is 2.59. The Balaban J connectivity index is 2.14. The SMILES string of the molecule is CCN(CC1(C)CCCN1)c1ccccc1C. The molecule has 1 saturated heterocycles. The van der Waals surface area contributed by atoms with Gasteiger partial charge in [0, 0.05) is 24.3 Å². The number of hydrogen-bond acceptors (Lipinski definition) is 2. The van der Waals surface area contributed by atoms with Crippen molar-refractivity contribution >= 4 is 5.69 Å². The molecule has 0 bridgehead atoms. The van der Waals surface area contributed by atoms with Crippen molar-refractivity contribution in [1.29, 1.82) is 0 Å². The maximum Gasteiger partial charge on any atom is 0.0396 e. The smallest absolute Gasteiger partial charge is 0.0396 e. The Kier molecular flexibility index (Phi) is 3.72. The Bertz CT molecular complexity index is 367. The minimum absolute atomic E-state index is 0.290. The predicted molar refractivity (Wildman–Crippen MR) is 74.7 cm³/mol. The topological polar surface area (TPSA) is 15.3 Å². The van der Waals surface area contributed by atoms with Gasteiger partial charge in [0.25, 0.3) is 0 Å². The maximum atomic E-state index is 3.65. The zero-order valence-corrected chi connectivity index (χ0v) is 11.3. The molecule has 1 unspecified atom stereocenters. The van der Waals surface area contributed by atoms with E-state index in [2.05, 4.69) is 55.3 Å². The van der Waals surface area contributed by atoms with Gasteiger partial charge in [-0.05, 0) is 51.8 Å². The first kappa shape index (κ1) is 12.4. The predicted octanol–water partition coefficient (Wildman–Crippen LogP) is 2.96. The fourth-order valence-electron chi connectivity index (χ4n) is 2.80. The quantitative estimate of drug-likeness (QED) is 0.858. The molecule has 1 atom stereocenters. The lowest BCUT2D eigenvalue weighted by Crippen LogP contribution is -2.47. The summed E-state index contributed by atoms with van der Waals surface area (Å²) in [4.78, 5) is 2.49. The second-order valence-corrected chi connectivity index (χ2v) is 5.39. The molecule has 1 fully saturated rings. The Morgan fingerprint density at radius 1 is 1.35 bits per heavy atom.